The number of rotatable bonds is 7. The van der Waals surface area contributed by atoms with Crippen LogP contribution in [0.5, 0.6) is 0 Å². The molecule has 0 radical (unpaired) electrons. The average Bonchev–Trinajstić information content (AvgIpc) is 3.33. The van der Waals surface area contributed by atoms with E-state index >= 15 is 0 Å². The number of carbonyl (C=O) groups excluding carboxylic acids is 2. The summed E-state index contributed by atoms with van der Waals surface area (Å²) in [5.74, 6) is -1.12. The Hall–Kier alpha value is -3.38. The number of ketones is 1. The summed E-state index contributed by atoms with van der Waals surface area (Å²) in [5.41, 5.74) is 3.40. The van der Waals surface area contributed by atoms with E-state index in [0.717, 1.165) is 22.0 Å². The van der Waals surface area contributed by atoms with Crippen LogP contribution in [0, 0.1) is 0 Å². The Morgan fingerprint density at radius 2 is 1.76 bits per heavy atom. The number of nitrogens with zero attached hydrogens (tertiary/aromatic N) is 1. The highest BCUT2D eigenvalue weighted by Crippen LogP contribution is 2.40. The number of fused-ring (bicyclic) bond motifs is 1. The molecule has 1 unspecified atom stereocenters. The van der Waals surface area contributed by atoms with Crippen LogP contribution in [-0.4, -0.2) is 45.9 Å². The number of benzene rings is 2. The molecule has 3 aromatic rings. The van der Waals surface area contributed by atoms with Gasteiger partial charge in [-0.15, -0.1) is 0 Å². The normalized spacial score (nSPS) is 18.2. The highest BCUT2D eigenvalue weighted by molar-refractivity contribution is 6.46. The second kappa shape index (κ2) is 9.24. The van der Waals surface area contributed by atoms with Crippen molar-refractivity contribution in [1.29, 1.82) is 0 Å². The lowest BCUT2D eigenvalue weighted by molar-refractivity contribution is -0.140. The van der Waals surface area contributed by atoms with E-state index in [4.69, 9.17) is 4.74 Å². The summed E-state index contributed by atoms with van der Waals surface area (Å²) >= 11 is 0. The van der Waals surface area contributed by atoms with Crippen molar-refractivity contribution in [2.24, 2.45) is 0 Å². The molecule has 6 heteroatoms. The van der Waals surface area contributed by atoms with Crippen LogP contribution in [0.15, 0.2) is 60.3 Å². The first-order chi connectivity index (χ1) is 15.8. The number of carbonyl (C=O) groups is 2. The third kappa shape index (κ3) is 4.31. The van der Waals surface area contributed by atoms with Crippen molar-refractivity contribution in [3.8, 4) is 0 Å². The van der Waals surface area contributed by atoms with Crippen molar-refractivity contribution in [1.82, 2.24) is 9.88 Å². The summed E-state index contributed by atoms with van der Waals surface area (Å²) in [7, 11) is 0. The van der Waals surface area contributed by atoms with Crippen LogP contribution in [0.1, 0.15) is 56.3 Å². The molecule has 0 saturated carbocycles. The Bertz CT molecular complexity index is 1200. The summed E-state index contributed by atoms with van der Waals surface area (Å²) < 4.78 is 5.66. The van der Waals surface area contributed by atoms with Crippen LogP contribution in [0.25, 0.3) is 16.7 Å². The maximum absolute atomic E-state index is 13.2. The van der Waals surface area contributed by atoms with E-state index in [-0.39, 0.29) is 24.0 Å². The average molecular weight is 447 g/mol. The fraction of sp³-hybridized carbons (Fsp3) is 0.333. The number of ether oxygens (including phenoxy) is 1. The zero-order valence-corrected chi connectivity index (χ0v) is 19.5. The first-order valence-corrected chi connectivity index (χ1v) is 11.4. The van der Waals surface area contributed by atoms with Gasteiger partial charge in [0.25, 0.3) is 11.7 Å². The van der Waals surface area contributed by atoms with Gasteiger partial charge in [0.2, 0.25) is 0 Å². The Morgan fingerprint density at radius 1 is 1.06 bits per heavy atom. The molecular formula is C27H30N2O4. The first-order valence-electron chi connectivity index (χ1n) is 11.4. The van der Waals surface area contributed by atoms with E-state index in [2.05, 4.69) is 18.8 Å². The minimum atomic E-state index is -0.685. The van der Waals surface area contributed by atoms with Crippen LogP contribution in [-0.2, 0) is 14.3 Å². The third-order valence-electron chi connectivity index (χ3n) is 6.09. The SMILES string of the molecule is CC(C)OCCN1C(=O)C(=O)/C(=C(\O)c2c[nH]c3ccccc23)C1c1ccc(C(C)C)cc1. The van der Waals surface area contributed by atoms with Crippen molar-refractivity contribution in [2.75, 3.05) is 13.2 Å². The molecule has 6 nitrogen and oxygen atoms in total. The van der Waals surface area contributed by atoms with Gasteiger partial charge in [0, 0.05) is 29.2 Å². The second-order valence-corrected chi connectivity index (χ2v) is 8.98. The second-order valence-electron chi connectivity index (χ2n) is 8.98. The van der Waals surface area contributed by atoms with Crippen LogP contribution >= 0.6 is 0 Å². The van der Waals surface area contributed by atoms with Crippen molar-refractivity contribution in [3.63, 3.8) is 0 Å². The maximum Gasteiger partial charge on any atom is 0.295 e. The van der Waals surface area contributed by atoms with Gasteiger partial charge in [0.05, 0.1) is 24.3 Å². The van der Waals surface area contributed by atoms with Gasteiger partial charge < -0.3 is 19.7 Å². The van der Waals surface area contributed by atoms with E-state index in [0.29, 0.717) is 18.1 Å². The van der Waals surface area contributed by atoms with E-state index in [1.54, 1.807) is 6.20 Å². The molecule has 0 spiro atoms. The number of aromatic amines is 1. The molecule has 1 aliphatic rings. The summed E-state index contributed by atoms with van der Waals surface area (Å²) in [6.07, 6.45) is 1.69. The Morgan fingerprint density at radius 3 is 2.42 bits per heavy atom. The third-order valence-corrected chi connectivity index (χ3v) is 6.09. The number of H-pyrrole nitrogens is 1. The monoisotopic (exact) mass is 446 g/mol. The summed E-state index contributed by atoms with van der Waals surface area (Å²) in [4.78, 5) is 30.9. The predicted octanol–water partition coefficient (Wildman–Crippen LogP) is 5.14. The molecule has 0 aliphatic carbocycles. The highest BCUT2D eigenvalue weighted by Gasteiger charge is 2.46. The van der Waals surface area contributed by atoms with Crippen LogP contribution < -0.4 is 0 Å². The quantitative estimate of drug-likeness (QED) is 0.299. The number of aliphatic hydroxyl groups is 1. The van der Waals surface area contributed by atoms with Crippen molar-refractivity contribution in [3.05, 3.63) is 77.0 Å². The van der Waals surface area contributed by atoms with Gasteiger partial charge in [-0.2, -0.15) is 0 Å². The molecule has 2 aromatic carbocycles. The van der Waals surface area contributed by atoms with Gasteiger partial charge in [0.1, 0.15) is 5.76 Å². The molecule has 172 valence electrons. The van der Waals surface area contributed by atoms with E-state index in [9.17, 15) is 14.7 Å². The fourth-order valence-electron chi connectivity index (χ4n) is 4.32. The van der Waals surface area contributed by atoms with E-state index in [1.165, 1.54) is 4.90 Å². The van der Waals surface area contributed by atoms with Crippen molar-refractivity contribution < 1.29 is 19.4 Å². The Labute approximate surface area is 193 Å². The van der Waals surface area contributed by atoms with Crippen LogP contribution in [0.4, 0.5) is 0 Å². The molecule has 1 atom stereocenters. The topological polar surface area (TPSA) is 82.6 Å². The standard InChI is InChI=1S/C27H30N2O4/c1-16(2)18-9-11-19(12-10-18)24-23(26(31)27(32)29(24)13-14-33-17(3)4)25(30)21-15-28-22-8-6-5-7-20(21)22/h5-12,15-17,24,28,30H,13-14H2,1-4H3/b25-23-. The first kappa shape index (κ1) is 22.8. The molecule has 33 heavy (non-hydrogen) atoms. The maximum atomic E-state index is 13.2. The summed E-state index contributed by atoms with van der Waals surface area (Å²) in [5, 5.41) is 12.1. The summed E-state index contributed by atoms with van der Waals surface area (Å²) in [6, 6.07) is 14.7. The Balaban J connectivity index is 1.83. The smallest absolute Gasteiger partial charge is 0.295 e. The number of likely N-dealkylation sites (tertiary alicyclic amines) is 1. The fourth-order valence-corrected chi connectivity index (χ4v) is 4.32. The van der Waals surface area contributed by atoms with E-state index < -0.39 is 17.7 Å². The molecule has 1 saturated heterocycles. The van der Waals surface area contributed by atoms with Crippen LogP contribution in [0.2, 0.25) is 0 Å². The van der Waals surface area contributed by atoms with Gasteiger partial charge >= 0.3 is 0 Å². The zero-order chi connectivity index (χ0) is 23.7. The number of Topliss-reactive ketones (excluding diaryl/α,β-unsaturated/α-hetero) is 1. The zero-order valence-electron chi connectivity index (χ0n) is 19.5. The largest absolute Gasteiger partial charge is 0.507 e. The Kier molecular flexibility index (Phi) is 6.38. The van der Waals surface area contributed by atoms with Gasteiger partial charge in [-0.05, 0) is 37.0 Å². The lowest BCUT2D eigenvalue weighted by Crippen LogP contribution is -2.33. The van der Waals surface area contributed by atoms with Crippen molar-refractivity contribution in [2.45, 2.75) is 45.8 Å². The number of aromatic nitrogens is 1. The molecule has 4 rings (SSSR count). The number of hydrogen-bond donors (Lipinski definition) is 2. The molecule has 2 N–H and O–H groups in total. The highest BCUT2D eigenvalue weighted by atomic mass is 16.5. The van der Waals surface area contributed by atoms with Crippen molar-refractivity contribution >= 4 is 28.4 Å². The molecule has 1 fully saturated rings. The molecule has 1 amide bonds. The molecule has 1 aromatic heterocycles. The number of hydrogen-bond acceptors (Lipinski definition) is 4. The molecule has 1 aliphatic heterocycles. The molecule has 2 heterocycles. The van der Waals surface area contributed by atoms with E-state index in [1.807, 2.05) is 62.4 Å². The van der Waals surface area contributed by atoms with Crippen LogP contribution in [0.3, 0.4) is 0 Å². The van der Waals surface area contributed by atoms with Gasteiger partial charge in [0.15, 0.2) is 0 Å². The number of nitrogens with one attached hydrogen (secondary N) is 1. The minimum Gasteiger partial charge on any atom is -0.507 e. The predicted molar refractivity (Wildman–Crippen MR) is 129 cm³/mol. The minimum absolute atomic E-state index is 0.0109. The van der Waals surface area contributed by atoms with Gasteiger partial charge in [-0.3, -0.25) is 9.59 Å². The van der Waals surface area contributed by atoms with Gasteiger partial charge in [-0.1, -0.05) is 56.3 Å². The molecule has 0 bridgehead atoms. The lowest BCUT2D eigenvalue weighted by atomic mass is 9.93. The lowest BCUT2D eigenvalue weighted by Gasteiger charge is -2.26. The molecular weight excluding hydrogens is 416 g/mol. The number of para-hydroxylation sites is 1. The number of amides is 1. The van der Waals surface area contributed by atoms with Gasteiger partial charge in [-0.25, -0.2) is 0 Å². The summed E-state index contributed by atoms with van der Waals surface area (Å²) in [6.45, 7) is 8.63. The number of aliphatic hydroxyl groups excluding tert-OH is 1.